The van der Waals surface area contributed by atoms with Gasteiger partial charge in [-0.25, -0.2) is 0 Å². The summed E-state index contributed by atoms with van der Waals surface area (Å²) >= 11 is 0. The van der Waals surface area contributed by atoms with Crippen LogP contribution in [-0.4, -0.2) is 28.5 Å². The fourth-order valence-corrected chi connectivity index (χ4v) is 1.15. The van der Waals surface area contributed by atoms with E-state index in [2.05, 4.69) is 5.32 Å². The van der Waals surface area contributed by atoms with E-state index in [1.165, 1.54) is 18.2 Å². The Kier molecular flexibility index (Phi) is 4.15. The van der Waals surface area contributed by atoms with Gasteiger partial charge in [0.2, 0.25) is 0 Å². The van der Waals surface area contributed by atoms with E-state index >= 15 is 0 Å². The van der Waals surface area contributed by atoms with E-state index in [1.54, 1.807) is 0 Å². The Morgan fingerprint density at radius 3 is 2.71 bits per heavy atom. The minimum atomic E-state index is -1.02. The minimum Gasteiger partial charge on any atom is -0.481 e. The van der Waals surface area contributed by atoms with E-state index < -0.39 is 16.8 Å². The zero-order chi connectivity index (χ0) is 12.8. The lowest BCUT2D eigenvalue weighted by Gasteiger charge is -2.02. The summed E-state index contributed by atoms with van der Waals surface area (Å²) in [5, 5.41) is 21.2. The van der Waals surface area contributed by atoms with Crippen molar-refractivity contribution in [3.63, 3.8) is 0 Å². The Bertz CT molecular complexity index is 458. The highest BCUT2D eigenvalue weighted by atomic mass is 16.6. The van der Waals surface area contributed by atoms with Gasteiger partial charge in [0, 0.05) is 24.2 Å². The number of nitro benzene ring substituents is 1. The Morgan fingerprint density at radius 1 is 1.41 bits per heavy atom. The molecule has 1 aromatic carbocycles. The summed E-state index contributed by atoms with van der Waals surface area (Å²) in [7, 11) is 0. The lowest BCUT2D eigenvalue weighted by Crippen LogP contribution is -2.25. The van der Waals surface area contributed by atoms with Crippen LogP contribution in [-0.2, 0) is 4.79 Å². The van der Waals surface area contributed by atoms with Crippen molar-refractivity contribution in [2.24, 2.45) is 0 Å². The normalized spacial score (nSPS) is 9.65. The zero-order valence-electron chi connectivity index (χ0n) is 8.75. The number of hydrogen-bond acceptors (Lipinski definition) is 4. The summed E-state index contributed by atoms with van der Waals surface area (Å²) in [6.45, 7) is -0.0170. The zero-order valence-corrected chi connectivity index (χ0v) is 8.75. The molecule has 7 nitrogen and oxygen atoms in total. The minimum absolute atomic E-state index is 0.0170. The second-order valence-electron chi connectivity index (χ2n) is 3.21. The molecule has 0 saturated heterocycles. The van der Waals surface area contributed by atoms with Gasteiger partial charge in [-0.3, -0.25) is 19.7 Å². The van der Waals surface area contributed by atoms with Crippen LogP contribution in [0.25, 0.3) is 0 Å². The van der Waals surface area contributed by atoms with Crippen molar-refractivity contribution in [1.82, 2.24) is 5.32 Å². The average Bonchev–Trinajstić information content (AvgIpc) is 2.28. The van der Waals surface area contributed by atoms with Crippen molar-refractivity contribution in [2.75, 3.05) is 6.54 Å². The SMILES string of the molecule is O=C(O)CCNC(=O)c1cccc([N+](=O)[O-])c1. The van der Waals surface area contributed by atoms with E-state index in [-0.39, 0.29) is 24.2 Å². The number of non-ortho nitro benzene ring substituents is 1. The summed E-state index contributed by atoms with van der Waals surface area (Å²) in [4.78, 5) is 31.6. The van der Waals surface area contributed by atoms with E-state index in [4.69, 9.17) is 5.11 Å². The van der Waals surface area contributed by atoms with E-state index in [1.807, 2.05) is 0 Å². The number of carbonyl (C=O) groups is 2. The number of hydrogen-bond donors (Lipinski definition) is 2. The molecular weight excluding hydrogens is 228 g/mol. The van der Waals surface area contributed by atoms with Gasteiger partial charge in [-0.05, 0) is 6.07 Å². The molecule has 0 aliphatic carbocycles. The van der Waals surface area contributed by atoms with Crippen LogP contribution in [0.15, 0.2) is 24.3 Å². The predicted octanol–water partition coefficient (Wildman–Crippen LogP) is 0.799. The summed E-state index contributed by atoms with van der Waals surface area (Å²) in [5.41, 5.74) is -0.0551. The number of carboxylic acids is 1. The highest BCUT2D eigenvalue weighted by Crippen LogP contribution is 2.12. The van der Waals surface area contributed by atoms with Crippen LogP contribution in [0, 0.1) is 10.1 Å². The van der Waals surface area contributed by atoms with E-state index in [9.17, 15) is 19.7 Å². The molecule has 1 rings (SSSR count). The van der Waals surface area contributed by atoms with Crippen LogP contribution in [0.2, 0.25) is 0 Å². The average molecular weight is 238 g/mol. The first-order valence-corrected chi connectivity index (χ1v) is 4.75. The number of carboxylic acid groups (broad SMARTS) is 1. The number of nitrogens with zero attached hydrogens (tertiary/aromatic N) is 1. The molecular formula is C10H10N2O5. The first-order chi connectivity index (χ1) is 8.00. The molecule has 0 radical (unpaired) electrons. The fraction of sp³-hybridized carbons (Fsp3) is 0.200. The van der Waals surface area contributed by atoms with Crippen LogP contribution in [0.1, 0.15) is 16.8 Å². The maximum absolute atomic E-state index is 11.5. The monoisotopic (exact) mass is 238 g/mol. The van der Waals surface area contributed by atoms with Crippen LogP contribution < -0.4 is 5.32 Å². The van der Waals surface area contributed by atoms with Gasteiger partial charge in [-0.15, -0.1) is 0 Å². The second-order valence-corrected chi connectivity index (χ2v) is 3.21. The molecule has 2 N–H and O–H groups in total. The maximum Gasteiger partial charge on any atom is 0.305 e. The lowest BCUT2D eigenvalue weighted by molar-refractivity contribution is -0.384. The Labute approximate surface area is 96.2 Å². The summed E-state index contributed by atoms with van der Waals surface area (Å²) in [5.74, 6) is -1.56. The lowest BCUT2D eigenvalue weighted by atomic mass is 10.2. The van der Waals surface area contributed by atoms with Crippen LogP contribution >= 0.6 is 0 Å². The molecule has 1 aromatic rings. The molecule has 0 bridgehead atoms. The maximum atomic E-state index is 11.5. The number of amides is 1. The van der Waals surface area contributed by atoms with E-state index in [0.29, 0.717) is 0 Å². The van der Waals surface area contributed by atoms with Crippen molar-refractivity contribution >= 4 is 17.6 Å². The molecule has 0 unspecified atom stereocenters. The van der Waals surface area contributed by atoms with Crippen molar-refractivity contribution in [1.29, 1.82) is 0 Å². The smallest absolute Gasteiger partial charge is 0.305 e. The number of benzene rings is 1. The molecule has 0 aliphatic rings. The van der Waals surface area contributed by atoms with Gasteiger partial charge in [0.25, 0.3) is 11.6 Å². The third-order valence-corrected chi connectivity index (χ3v) is 1.94. The van der Waals surface area contributed by atoms with Gasteiger partial charge in [0.15, 0.2) is 0 Å². The quantitative estimate of drug-likeness (QED) is 0.582. The molecule has 0 heterocycles. The molecule has 0 saturated carbocycles. The number of carbonyl (C=O) groups excluding carboxylic acids is 1. The van der Waals surface area contributed by atoms with Crippen LogP contribution in [0.5, 0.6) is 0 Å². The van der Waals surface area contributed by atoms with Gasteiger partial charge in [0.1, 0.15) is 0 Å². The Morgan fingerprint density at radius 2 is 2.12 bits per heavy atom. The predicted molar refractivity (Wildman–Crippen MR) is 57.7 cm³/mol. The van der Waals surface area contributed by atoms with Crippen molar-refractivity contribution < 1.29 is 19.6 Å². The van der Waals surface area contributed by atoms with Gasteiger partial charge in [0.05, 0.1) is 11.3 Å². The topological polar surface area (TPSA) is 110 Å². The highest BCUT2D eigenvalue weighted by Gasteiger charge is 2.11. The Balaban J connectivity index is 2.65. The molecule has 0 spiro atoms. The molecule has 0 atom stereocenters. The molecule has 7 heteroatoms. The van der Waals surface area contributed by atoms with Crippen LogP contribution in [0.3, 0.4) is 0 Å². The third-order valence-electron chi connectivity index (χ3n) is 1.94. The summed E-state index contributed by atoms with van der Waals surface area (Å²) in [6.07, 6.45) is -0.194. The number of aliphatic carboxylic acids is 1. The summed E-state index contributed by atoms with van der Waals surface area (Å²) in [6, 6.07) is 5.22. The molecule has 17 heavy (non-hydrogen) atoms. The van der Waals surface area contributed by atoms with Crippen molar-refractivity contribution in [3.8, 4) is 0 Å². The van der Waals surface area contributed by atoms with Gasteiger partial charge >= 0.3 is 5.97 Å². The summed E-state index contributed by atoms with van der Waals surface area (Å²) < 4.78 is 0. The molecule has 90 valence electrons. The molecule has 1 amide bonds. The molecule has 0 fully saturated rings. The Hall–Kier alpha value is -2.44. The van der Waals surface area contributed by atoms with Gasteiger partial charge in [-0.2, -0.15) is 0 Å². The van der Waals surface area contributed by atoms with Gasteiger partial charge in [-0.1, -0.05) is 6.07 Å². The highest BCUT2D eigenvalue weighted by molar-refractivity contribution is 5.94. The standard InChI is InChI=1S/C10H10N2O5/c13-9(14)4-5-11-10(15)7-2-1-3-8(6-7)12(16)17/h1-3,6H,4-5H2,(H,11,15)(H,13,14). The number of nitrogens with one attached hydrogen (secondary N) is 1. The number of nitro groups is 1. The first-order valence-electron chi connectivity index (χ1n) is 4.75. The van der Waals surface area contributed by atoms with Gasteiger partial charge < -0.3 is 10.4 Å². The number of rotatable bonds is 5. The second kappa shape index (κ2) is 5.59. The fourth-order valence-electron chi connectivity index (χ4n) is 1.15. The largest absolute Gasteiger partial charge is 0.481 e. The molecule has 0 aromatic heterocycles. The van der Waals surface area contributed by atoms with E-state index in [0.717, 1.165) is 6.07 Å². The van der Waals surface area contributed by atoms with Crippen molar-refractivity contribution in [2.45, 2.75) is 6.42 Å². The molecule has 0 aliphatic heterocycles. The van der Waals surface area contributed by atoms with Crippen LogP contribution in [0.4, 0.5) is 5.69 Å². The van der Waals surface area contributed by atoms with Crippen molar-refractivity contribution in [3.05, 3.63) is 39.9 Å². The third kappa shape index (κ3) is 3.90. The first kappa shape index (κ1) is 12.6.